The summed E-state index contributed by atoms with van der Waals surface area (Å²) in [5.41, 5.74) is 1.22. The molecule has 1 aromatic rings. The van der Waals surface area contributed by atoms with E-state index in [1.54, 1.807) is 6.92 Å². The number of aryl methyl sites for hydroxylation is 2. The van der Waals surface area contributed by atoms with Crippen LogP contribution in [0.4, 0.5) is 0 Å². The number of thiophene rings is 1. The number of methoxy groups -OCH3 is 1. The first-order valence-electron chi connectivity index (χ1n) is 6.53. The summed E-state index contributed by atoms with van der Waals surface area (Å²) in [6.45, 7) is 5.82. The Hall–Kier alpha value is -1.36. The fourth-order valence-electron chi connectivity index (χ4n) is 1.82. The molecule has 0 fully saturated rings. The molecule has 4 nitrogen and oxygen atoms in total. The van der Waals surface area contributed by atoms with Crippen molar-refractivity contribution in [3.05, 3.63) is 21.4 Å². The van der Waals surface area contributed by atoms with Gasteiger partial charge in [-0.25, -0.2) is 4.79 Å². The summed E-state index contributed by atoms with van der Waals surface area (Å²) >= 11 is 1.51. The highest BCUT2D eigenvalue weighted by atomic mass is 32.1. The summed E-state index contributed by atoms with van der Waals surface area (Å²) in [6.07, 6.45) is 2.98. The molecule has 19 heavy (non-hydrogen) atoms. The van der Waals surface area contributed by atoms with Gasteiger partial charge in [-0.2, -0.15) is 0 Å². The molecule has 1 rings (SSSR count). The maximum absolute atomic E-state index is 12.1. The maximum Gasteiger partial charge on any atom is 0.328 e. The van der Waals surface area contributed by atoms with Gasteiger partial charge in [0.15, 0.2) is 0 Å². The van der Waals surface area contributed by atoms with E-state index in [2.05, 4.69) is 23.9 Å². The van der Waals surface area contributed by atoms with Crippen molar-refractivity contribution in [2.24, 2.45) is 0 Å². The Morgan fingerprint density at radius 1 is 1.42 bits per heavy atom. The minimum atomic E-state index is -0.626. The van der Waals surface area contributed by atoms with E-state index in [-0.39, 0.29) is 5.91 Å². The first-order chi connectivity index (χ1) is 9.03. The molecule has 5 heteroatoms. The lowest BCUT2D eigenvalue weighted by molar-refractivity contribution is -0.142. The van der Waals surface area contributed by atoms with Gasteiger partial charge < -0.3 is 10.1 Å². The first-order valence-corrected chi connectivity index (χ1v) is 7.35. The van der Waals surface area contributed by atoms with Crippen LogP contribution in [-0.4, -0.2) is 25.0 Å². The molecule has 1 heterocycles. The van der Waals surface area contributed by atoms with Crippen molar-refractivity contribution < 1.29 is 14.3 Å². The van der Waals surface area contributed by atoms with Gasteiger partial charge in [-0.05, 0) is 31.4 Å². The number of hydrogen-bond donors (Lipinski definition) is 1. The molecule has 0 aliphatic rings. The monoisotopic (exact) mass is 283 g/mol. The third kappa shape index (κ3) is 4.06. The smallest absolute Gasteiger partial charge is 0.328 e. The van der Waals surface area contributed by atoms with Crippen LogP contribution in [-0.2, 0) is 22.4 Å². The minimum absolute atomic E-state index is 0.208. The number of rotatable bonds is 6. The predicted molar refractivity (Wildman–Crippen MR) is 76.6 cm³/mol. The van der Waals surface area contributed by atoms with Crippen molar-refractivity contribution in [1.29, 1.82) is 0 Å². The van der Waals surface area contributed by atoms with Crippen LogP contribution in [0, 0.1) is 0 Å². The first kappa shape index (κ1) is 15.7. The van der Waals surface area contributed by atoms with E-state index in [9.17, 15) is 9.59 Å². The lowest BCUT2D eigenvalue weighted by atomic mass is 10.1. The number of amides is 1. The van der Waals surface area contributed by atoms with Gasteiger partial charge in [-0.1, -0.05) is 20.3 Å². The molecule has 1 N–H and O–H groups in total. The van der Waals surface area contributed by atoms with Crippen LogP contribution in [0.5, 0.6) is 0 Å². The van der Waals surface area contributed by atoms with Gasteiger partial charge in [0.1, 0.15) is 6.04 Å². The summed E-state index contributed by atoms with van der Waals surface area (Å²) in [4.78, 5) is 25.3. The summed E-state index contributed by atoms with van der Waals surface area (Å²) in [7, 11) is 1.31. The van der Waals surface area contributed by atoms with E-state index in [4.69, 9.17) is 0 Å². The van der Waals surface area contributed by atoms with Crippen molar-refractivity contribution in [3.63, 3.8) is 0 Å². The number of nitrogens with one attached hydrogen (secondary N) is 1. The van der Waals surface area contributed by atoms with E-state index >= 15 is 0 Å². The highest BCUT2D eigenvalue weighted by Gasteiger charge is 2.19. The van der Waals surface area contributed by atoms with E-state index in [0.717, 1.165) is 19.3 Å². The zero-order valence-corrected chi connectivity index (χ0v) is 12.7. The van der Waals surface area contributed by atoms with Crippen LogP contribution in [0.1, 0.15) is 47.3 Å². The van der Waals surface area contributed by atoms with Crippen molar-refractivity contribution >= 4 is 23.2 Å². The van der Waals surface area contributed by atoms with E-state index < -0.39 is 12.0 Å². The Morgan fingerprint density at radius 3 is 2.63 bits per heavy atom. The Kier molecular flexibility index (Phi) is 6.02. The highest BCUT2D eigenvalue weighted by molar-refractivity contribution is 7.14. The van der Waals surface area contributed by atoms with Crippen molar-refractivity contribution in [3.8, 4) is 0 Å². The second-order valence-electron chi connectivity index (χ2n) is 4.38. The van der Waals surface area contributed by atoms with Gasteiger partial charge in [-0.3, -0.25) is 4.79 Å². The summed E-state index contributed by atoms with van der Waals surface area (Å²) in [6, 6.07) is 1.30. The topological polar surface area (TPSA) is 55.4 Å². The molecule has 1 aromatic heterocycles. The lowest BCUT2D eigenvalue weighted by Gasteiger charge is -2.10. The minimum Gasteiger partial charge on any atom is -0.467 e. The van der Waals surface area contributed by atoms with Gasteiger partial charge in [-0.15, -0.1) is 11.3 Å². The number of esters is 1. The zero-order valence-electron chi connectivity index (χ0n) is 11.9. The number of carbonyl (C=O) groups is 2. The van der Waals surface area contributed by atoms with Gasteiger partial charge >= 0.3 is 5.97 Å². The summed E-state index contributed by atoms with van der Waals surface area (Å²) in [5, 5.41) is 2.65. The Morgan fingerprint density at radius 2 is 2.11 bits per heavy atom. The zero-order chi connectivity index (χ0) is 14.4. The van der Waals surface area contributed by atoms with E-state index in [1.807, 2.05) is 6.07 Å². The molecule has 1 atom stereocenters. The molecule has 0 aliphatic heterocycles. The Labute approximate surface area is 118 Å². The maximum atomic E-state index is 12.1. The normalized spacial score (nSPS) is 12.0. The predicted octanol–water partition coefficient (Wildman–Crippen LogP) is 2.55. The molecule has 0 aromatic carbocycles. The second-order valence-corrected chi connectivity index (χ2v) is 5.52. The number of ether oxygens (including phenoxy) is 1. The Balaban J connectivity index is 2.79. The average molecular weight is 283 g/mol. The second kappa shape index (κ2) is 7.28. The SMILES string of the molecule is CCCc1sc(C(=O)N[C@@H](C)C(=O)OC)cc1CC. The fourth-order valence-corrected chi connectivity index (χ4v) is 3.08. The lowest BCUT2D eigenvalue weighted by Crippen LogP contribution is -2.38. The average Bonchev–Trinajstić information content (AvgIpc) is 2.81. The van der Waals surface area contributed by atoms with E-state index in [0.29, 0.717) is 4.88 Å². The molecule has 0 saturated carbocycles. The molecule has 0 aliphatic carbocycles. The van der Waals surface area contributed by atoms with Crippen LogP contribution < -0.4 is 5.32 Å². The highest BCUT2D eigenvalue weighted by Crippen LogP contribution is 2.24. The quantitative estimate of drug-likeness (QED) is 0.816. The van der Waals surface area contributed by atoms with Crippen LogP contribution >= 0.6 is 11.3 Å². The van der Waals surface area contributed by atoms with Crippen LogP contribution in [0.25, 0.3) is 0 Å². The van der Waals surface area contributed by atoms with Crippen molar-refractivity contribution in [2.75, 3.05) is 7.11 Å². The Bertz CT molecular complexity index is 454. The number of hydrogen-bond acceptors (Lipinski definition) is 4. The van der Waals surface area contributed by atoms with Crippen molar-refractivity contribution in [2.45, 2.75) is 46.1 Å². The molecule has 0 saturated heterocycles. The van der Waals surface area contributed by atoms with Gasteiger partial charge in [0.25, 0.3) is 5.91 Å². The largest absolute Gasteiger partial charge is 0.467 e. The van der Waals surface area contributed by atoms with Gasteiger partial charge in [0, 0.05) is 4.88 Å². The molecule has 0 unspecified atom stereocenters. The molecule has 0 bridgehead atoms. The summed E-state index contributed by atoms with van der Waals surface area (Å²) in [5.74, 6) is -0.644. The summed E-state index contributed by atoms with van der Waals surface area (Å²) < 4.78 is 4.59. The third-order valence-electron chi connectivity index (χ3n) is 2.88. The molecule has 0 radical (unpaired) electrons. The van der Waals surface area contributed by atoms with Gasteiger partial charge in [0.2, 0.25) is 0 Å². The van der Waals surface area contributed by atoms with Crippen LogP contribution in [0.2, 0.25) is 0 Å². The molecule has 0 spiro atoms. The molecule has 1 amide bonds. The fraction of sp³-hybridized carbons (Fsp3) is 0.571. The van der Waals surface area contributed by atoms with Gasteiger partial charge in [0.05, 0.1) is 12.0 Å². The standard InChI is InChI=1S/C14H21NO3S/c1-5-7-11-10(6-2)8-12(19-11)13(16)15-9(3)14(17)18-4/h8-9H,5-7H2,1-4H3,(H,15,16)/t9-/m0/s1. The van der Waals surface area contributed by atoms with Crippen LogP contribution in [0.3, 0.4) is 0 Å². The number of carbonyl (C=O) groups excluding carboxylic acids is 2. The molecular weight excluding hydrogens is 262 g/mol. The van der Waals surface area contributed by atoms with E-state index in [1.165, 1.54) is 28.9 Å². The van der Waals surface area contributed by atoms with Crippen molar-refractivity contribution in [1.82, 2.24) is 5.32 Å². The molecule has 106 valence electrons. The molecular formula is C14H21NO3S. The third-order valence-corrected chi connectivity index (χ3v) is 4.12. The van der Waals surface area contributed by atoms with Crippen LogP contribution in [0.15, 0.2) is 6.07 Å².